The van der Waals surface area contributed by atoms with Crippen LogP contribution in [-0.2, 0) is 4.79 Å². The number of Topliss-reactive ketones (excluding diaryl/α,β-unsaturated/α-hetero) is 1. The Morgan fingerprint density at radius 2 is 1.75 bits per heavy atom. The highest BCUT2D eigenvalue weighted by Crippen LogP contribution is 2.64. The lowest BCUT2D eigenvalue weighted by molar-refractivity contribution is -0.129. The summed E-state index contributed by atoms with van der Waals surface area (Å²) in [4.78, 5) is 12.5. The Morgan fingerprint density at radius 3 is 2.50 bits per heavy atom. The van der Waals surface area contributed by atoms with Gasteiger partial charge in [0.1, 0.15) is 5.78 Å². The molecule has 4 fully saturated rings. The lowest BCUT2D eigenvalue weighted by Gasteiger charge is -2.56. The highest BCUT2D eigenvalue weighted by atomic mass is 79.9. The maximum absolute atomic E-state index is 12.5. The molecule has 0 amide bonds. The number of hydrogen-bond donors (Lipinski definition) is 1. The van der Waals surface area contributed by atoms with Gasteiger partial charge in [-0.15, -0.1) is 0 Å². The SMILES string of the molecule is C[C@@]1(O)CC[C@H]2[C@H](CCC3[C@@H]2CC[C@]2(C)[C@@H](C(=O)CBr)CC[C@@H]32)C1. The zero-order valence-corrected chi connectivity index (χ0v) is 16.9. The summed E-state index contributed by atoms with van der Waals surface area (Å²) < 4.78 is 0. The molecule has 0 aliphatic heterocycles. The van der Waals surface area contributed by atoms with Gasteiger partial charge in [-0.2, -0.15) is 0 Å². The molecule has 0 saturated heterocycles. The largest absolute Gasteiger partial charge is 0.390 e. The molecule has 3 heteroatoms. The highest BCUT2D eigenvalue weighted by Gasteiger charge is 2.58. The first-order valence-electron chi connectivity index (χ1n) is 10.2. The van der Waals surface area contributed by atoms with Gasteiger partial charge in [0.05, 0.1) is 10.9 Å². The van der Waals surface area contributed by atoms with Crippen LogP contribution in [-0.4, -0.2) is 21.8 Å². The summed E-state index contributed by atoms with van der Waals surface area (Å²) in [5, 5.41) is 11.0. The highest BCUT2D eigenvalue weighted by molar-refractivity contribution is 9.09. The first-order valence-corrected chi connectivity index (χ1v) is 11.3. The molecule has 4 saturated carbocycles. The van der Waals surface area contributed by atoms with E-state index in [0.29, 0.717) is 17.0 Å². The molecule has 8 atom stereocenters. The second-order valence-corrected chi connectivity index (χ2v) is 10.5. The Morgan fingerprint density at radius 1 is 1.00 bits per heavy atom. The molecule has 4 aliphatic rings. The molecule has 0 aromatic carbocycles. The minimum absolute atomic E-state index is 0.263. The second-order valence-electron chi connectivity index (χ2n) is 9.95. The number of fused-ring (bicyclic) bond motifs is 5. The molecule has 2 nitrogen and oxygen atoms in total. The predicted molar refractivity (Wildman–Crippen MR) is 100 cm³/mol. The van der Waals surface area contributed by atoms with E-state index >= 15 is 0 Å². The number of carbonyl (C=O) groups is 1. The zero-order valence-electron chi connectivity index (χ0n) is 15.3. The molecule has 1 N–H and O–H groups in total. The number of carbonyl (C=O) groups excluding carboxylic acids is 1. The fraction of sp³-hybridized carbons (Fsp3) is 0.952. The van der Waals surface area contributed by atoms with Crippen molar-refractivity contribution in [2.45, 2.75) is 77.2 Å². The molecule has 0 radical (unpaired) electrons. The van der Waals surface area contributed by atoms with Crippen molar-refractivity contribution in [3.63, 3.8) is 0 Å². The Bertz CT molecular complexity index is 516. The molecule has 136 valence electrons. The average Bonchev–Trinajstić information content (AvgIpc) is 2.90. The molecule has 0 spiro atoms. The van der Waals surface area contributed by atoms with E-state index in [4.69, 9.17) is 0 Å². The molecule has 4 rings (SSSR count). The van der Waals surface area contributed by atoms with E-state index in [1.54, 1.807) is 0 Å². The number of alkyl halides is 1. The average molecular weight is 397 g/mol. The van der Waals surface area contributed by atoms with Crippen molar-refractivity contribution in [3.05, 3.63) is 0 Å². The summed E-state index contributed by atoms with van der Waals surface area (Å²) in [6, 6.07) is 0. The summed E-state index contributed by atoms with van der Waals surface area (Å²) in [5.74, 6) is 4.83. The molecule has 4 aliphatic carbocycles. The van der Waals surface area contributed by atoms with Crippen LogP contribution in [0.25, 0.3) is 0 Å². The molecule has 24 heavy (non-hydrogen) atoms. The third kappa shape index (κ3) is 2.64. The van der Waals surface area contributed by atoms with Crippen molar-refractivity contribution in [1.82, 2.24) is 0 Å². The van der Waals surface area contributed by atoms with Gasteiger partial charge >= 0.3 is 0 Å². The Hall–Kier alpha value is 0.110. The number of halogens is 1. The Labute approximate surface area is 155 Å². The van der Waals surface area contributed by atoms with Crippen LogP contribution >= 0.6 is 15.9 Å². The van der Waals surface area contributed by atoms with Crippen LogP contribution < -0.4 is 0 Å². The maximum Gasteiger partial charge on any atom is 0.147 e. The second kappa shape index (κ2) is 6.08. The van der Waals surface area contributed by atoms with Crippen molar-refractivity contribution < 1.29 is 9.90 Å². The smallest absolute Gasteiger partial charge is 0.147 e. The van der Waals surface area contributed by atoms with E-state index in [1.807, 2.05) is 6.92 Å². The molecule has 0 heterocycles. The summed E-state index contributed by atoms with van der Waals surface area (Å²) in [5.41, 5.74) is -0.156. The number of rotatable bonds is 2. The first-order chi connectivity index (χ1) is 11.4. The van der Waals surface area contributed by atoms with Crippen LogP contribution in [0.2, 0.25) is 0 Å². The van der Waals surface area contributed by atoms with Gasteiger partial charge in [-0.3, -0.25) is 4.79 Å². The fourth-order valence-electron chi connectivity index (χ4n) is 7.70. The van der Waals surface area contributed by atoms with Crippen molar-refractivity contribution in [1.29, 1.82) is 0 Å². The van der Waals surface area contributed by atoms with Crippen molar-refractivity contribution >= 4 is 21.7 Å². The van der Waals surface area contributed by atoms with Gasteiger partial charge < -0.3 is 5.11 Å². The van der Waals surface area contributed by atoms with Crippen molar-refractivity contribution in [2.75, 3.05) is 5.33 Å². The van der Waals surface area contributed by atoms with Crippen LogP contribution in [0.5, 0.6) is 0 Å². The lowest BCUT2D eigenvalue weighted by Crippen LogP contribution is -2.51. The van der Waals surface area contributed by atoms with Gasteiger partial charge in [0, 0.05) is 5.92 Å². The van der Waals surface area contributed by atoms with E-state index in [0.717, 1.165) is 48.9 Å². The number of hydrogen-bond acceptors (Lipinski definition) is 2. The number of aliphatic hydroxyl groups is 1. The third-order valence-corrected chi connectivity index (χ3v) is 9.31. The van der Waals surface area contributed by atoms with Crippen molar-refractivity contribution in [2.24, 2.45) is 40.9 Å². The quantitative estimate of drug-likeness (QED) is 0.668. The van der Waals surface area contributed by atoms with E-state index in [9.17, 15) is 9.90 Å². The van der Waals surface area contributed by atoms with Crippen LogP contribution in [0.15, 0.2) is 0 Å². The Balaban J connectivity index is 1.54. The Kier molecular flexibility index (Phi) is 4.44. The normalized spacial score (nSPS) is 53.8. The van der Waals surface area contributed by atoms with Crippen LogP contribution in [0.4, 0.5) is 0 Å². The van der Waals surface area contributed by atoms with Crippen molar-refractivity contribution in [3.8, 4) is 0 Å². The fourth-order valence-corrected chi connectivity index (χ4v) is 8.09. The summed E-state index contributed by atoms with van der Waals surface area (Å²) in [6.45, 7) is 4.48. The van der Waals surface area contributed by atoms with E-state index in [-0.39, 0.29) is 5.41 Å². The van der Waals surface area contributed by atoms with Gasteiger partial charge in [-0.1, -0.05) is 22.9 Å². The van der Waals surface area contributed by atoms with E-state index in [1.165, 1.54) is 38.5 Å². The standard InChI is InChI=1S/C21H33BrO2/c1-20(24)9-7-14-13(11-20)3-4-16-15(14)8-10-21(2)17(16)5-6-18(21)19(23)12-22/h13-18,24H,3-12H2,1-2H3/t13-,14+,15-,16?,17+,18-,20-,21+/m1/s1. The van der Waals surface area contributed by atoms with E-state index < -0.39 is 5.60 Å². The molecule has 0 aromatic heterocycles. The first kappa shape index (κ1) is 17.5. The summed E-state index contributed by atoms with van der Waals surface area (Å²) >= 11 is 3.42. The molecular formula is C21H33BrO2. The lowest BCUT2D eigenvalue weighted by atomic mass is 9.49. The molecule has 0 aromatic rings. The van der Waals surface area contributed by atoms with Gasteiger partial charge in [0.2, 0.25) is 0 Å². The molecule has 0 bridgehead atoms. The van der Waals surface area contributed by atoms with Gasteiger partial charge in [-0.05, 0) is 99.7 Å². The van der Waals surface area contributed by atoms with Gasteiger partial charge in [0.25, 0.3) is 0 Å². The number of ketones is 1. The molecule has 1 unspecified atom stereocenters. The van der Waals surface area contributed by atoms with Crippen LogP contribution in [0, 0.1) is 40.9 Å². The van der Waals surface area contributed by atoms with Gasteiger partial charge in [0.15, 0.2) is 0 Å². The molecular weight excluding hydrogens is 364 g/mol. The van der Waals surface area contributed by atoms with Gasteiger partial charge in [-0.25, -0.2) is 0 Å². The summed E-state index contributed by atoms with van der Waals surface area (Å²) in [6.07, 6.45) is 10.9. The monoisotopic (exact) mass is 396 g/mol. The maximum atomic E-state index is 12.5. The topological polar surface area (TPSA) is 37.3 Å². The van der Waals surface area contributed by atoms with Crippen LogP contribution in [0.1, 0.15) is 71.6 Å². The minimum Gasteiger partial charge on any atom is -0.390 e. The zero-order chi connectivity index (χ0) is 17.1. The van der Waals surface area contributed by atoms with Crippen LogP contribution in [0.3, 0.4) is 0 Å². The minimum atomic E-state index is -0.419. The summed E-state index contributed by atoms with van der Waals surface area (Å²) in [7, 11) is 0. The third-order valence-electron chi connectivity index (χ3n) is 8.76. The van der Waals surface area contributed by atoms with E-state index in [2.05, 4.69) is 22.9 Å². The predicted octanol–water partition coefficient (Wildman–Crippen LogP) is 4.97.